The molecule has 182 valence electrons. The number of hydrogen-bond donors (Lipinski definition) is 0. The first kappa shape index (κ1) is 26.3. The highest BCUT2D eigenvalue weighted by molar-refractivity contribution is 6.00. The van der Waals surface area contributed by atoms with Gasteiger partial charge in [0.1, 0.15) is 19.3 Å². The molecular weight excluding hydrogens is 418 g/mol. The van der Waals surface area contributed by atoms with E-state index < -0.39 is 34.2 Å². The molecule has 2 aliphatic heterocycles. The van der Waals surface area contributed by atoms with E-state index in [4.69, 9.17) is 23.7 Å². The van der Waals surface area contributed by atoms with Crippen LogP contribution in [0.25, 0.3) is 0 Å². The lowest BCUT2D eigenvalue weighted by atomic mass is 9.73. The molecule has 2 rings (SSSR count). The van der Waals surface area contributed by atoms with Crippen LogP contribution in [-0.4, -0.2) is 69.0 Å². The van der Waals surface area contributed by atoms with Gasteiger partial charge in [-0.3, -0.25) is 9.59 Å². The molecule has 3 atom stereocenters. The standard InChI is InChI=1S/C23H37NO8/c1-8-23(6,20(27)31-14-16-13-30-16)12-15(17-24-22(4,5)19(26)32-17)11-21(2,3)18(25)29-10-9-28-7/h15-16H,8-14H2,1-7H3. The molecule has 0 bridgehead atoms. The van der Waals surface area contributed by atoms with Crippen molar-refractivity contribution in [3.05, 3.63) is 0 Å². The van der Waals surface area contributed by atoms with E-state index in [0.29, 0.717) is 26.1 Å². The van der Waals surface area contributed by atoms with Crippen molar-refractivity contribution in [1.29, 1.82) is 0 Å². The van der Waals surface area contributed by atoms with Crippen LogP contribution in [0.2, 0.25) is 0 Å². The summed E-state index contributed by atoms with van der Waals surface area (Å²) < 4.78 is 26.4. The van der Waals surface area contributed by atoms with E-state index in [2.05, 4.69) is 4.99 Å². The molecule has 0 aromatic rings. The highest BCUT2D eigenvalue weighted by atomic mass is 16.6. The van der Waals surface area contributed by atoms with Gasteiger partial charge in [0.2, 0.25) is 0 Å². The van der Waals surface area contributed by atoms with Gasteiger partial charge in [-0.05, 0) is 53.9 Å². The van der Waals surface area contributed by atoms with Gasteiger partial charge in [-0.2, -0.15) is 0 Å². The normalized spacial score (nSPS) is 22.4. The fourth-order valence-corrected chi connectivity index (χ4v) is 3.52. The Morgan fingerprint density at radius 3 is 2.31 bits per heavy atom. The summed E-state index contributed by atoms with van der Waals surface area (Å²) in [5.74, 6) is -1.40. The van der Waals surface area contributed by atoms with Gasteiger partial charge in [0, 0.05) is 13.0 Å². The molecule has 2 aliphatic rings. The summed E-state index contributed by atoms with van der Waals surface area (Å²) in [7, 11) is 1.53. The quantitative estimate of drug-likeness (QED) is 0.180. The lowest BCUT2D eigenvalue weighted by Gasteiger charge is -2.33. The zero-order valence-corrected chi connectivity index (χ0v) is 20.3. The predicted octanol–water partition coefficient (Wildman–Crippen LogP) is 2.69. The number of ether oxygens (including phenoxy) is 5. The van der Waals surface area contributed by atoms with Gasteiger partial charge in [0.15, 0.2) is 11.4 Å². The van der Waals surface area contributed by atoms with E-state index in [9.17, 15) is 14.4 Å². The first-order valence-electron chi connectivity index (χ1n) is 11.1. The molecule has 9 heteroatoms. The van der Waals surface area contributed by atoms with Crippen LogP contribution in [0.4, 0.5) is 0 Å². The Morgan fingerprint density at radius 1 is 1.16 bits per heavy atom. The van der Waals surface area contributed by atoms with Crippen LogP contribution >= 0.6 is 0 Å². The molecule has 9 nitrogen and oxygen atoms in total. The minimum atomic E-state index is -1.01. The number of aliphatic imine (C=N–C) groups is 1. The molecule has 0 N–H and O–H groups in total. The average Bonchev–Trinajstić information content (AvgIpc) is 3.50. The maximum Gasteiger partial charge on any atom is 0.340 e. The average molecular weight is 456 g/mol. The lowest BCUT2D eigenvalue weighted by molar-refractivity contribution is -0.157. The molecule has 0 aromatic carbocycles. The number of epoxide rings is 1. The molecule has 0 spiro atoms. The number of carbonyl (C=O) groups excluding carboxylic acids is 3. The zero-order valence-electron chi connectivity index (χ0n) is 20.3. The lowest BCUT2D eigenvalue weighted by Crippen LogP contribution is -2.38. The van der Waals surface area contributed by atoms with Crippen LogP contribution in [0, 0.1) is 16.7 Å². The molecule has 1 saturated heterocycles. The molecule has 0 radical (unpaired) electrons. The zero-order chi connectivity index (χ0) is 24.2. The van der Waals surface area contributed by atoms with E-state index >= 15 is 0 Å². The first-order chi connectivity index (χ1) is 14.8. The van der Waals surface area contributed by atoms with Crippen LogP contribution in [0.15, 0.2) is 4.99 Å². The van der Waals surface area contributed by atoms with E-state index in [1.165, 1.54) is 7.11 Å². The van der Waals surface area contributed by atoms with Crippen molar-refractivity contribution in [3.8, 4) is 0 Å². The summed E-state index contributed by atoms with van der Waals surface area (Å²) in [6.07, 6.45) is 1.08. The van der Waals surface area contributed by atoms with Gasteiger partial charge in [-0.15, -0.1) is 0 Å². The molecule has 0 aromatic heterocycles. The van der Waals surface area contributed by atoms with Crippen molar-refractivity contribution in [2.75, 3.05) is 33.5 Å². The summed E-state index contributed by atoms with van der Waals surface area (Å²) in [5.41, 5.74) is -2.76. The largest absolute Gasteiger partial charge is 0.463 e. The van der Waals surface area contributed by atoms with Crippen LogP contribution in [0.5, 0.6) is 0 Å². The first-order valence-corrected chi connectivity index (χ1v) is 11.1. The molecule has 0 amide bonds. The predicted molar refractivity (Wildman–Crippen MR) is 116 cm³/mol. The highest BCUT2D eigenvalue weighted by Crippen LogP contribution is 2.40. The SMILES string of the molecule is CCC(C)(CC(CC(C)(C)C(=O)OCCOC)C1=NC(C)(C)C(=O)O1)C(=O)OCC1CO1. The number of nitrogens with zero attached hydrogens (tertiary/aromatic N) is 1. The van der Waals surface area contributed by atoms with Gasteiger partial charge in [0.25, 0.3) is 0 Å². The van der Waals surface area contributed by atoms with Crippen molar-refractivity contribution < 1.29 is 38.1 Å². The van der Waals surface area contributed by atoms with E-state index in [1.54, 1.807) is 27.7 Å². The van der Waals surface area contributed by atoms with Crippen molar-refractivity contribution in [1.82, 2.24) is 0 Å². The van der Waals surface area contributed by atoms with Gasteiger partial charge in [-0.1, -0.05) is 6.92 Å². The van der Waals surface area contributed by atoms with Crippen LogP contribution in [0.1, 0.15) is 60.8 Å². The Balaban J connectivity index is 2.22. The smallest absolute Gasteiger partial charge is 0.340 e. The maximum atomic E-state index is 12.9. The highest BCUT2D eigenvalue weighted by Gasteiger charge is 2.46. The van der Waals surface area contributed by atoms with Gasteiger partial charge in [0.05, 0.1) is 24.0 Å². The van der Waals surface area contributed by atoms with Crippen LogP contribution < -0.4 is 0 Å². The molecule has 2 heterocycles. The molecule has 0 aliphatic carbocycles. The fraction of sp³-hybridized carbons (Fsp3) is 0.826. The van der Waals surface area contributed by atoms with Gasteiger partial charge >= 0.3 is 17.9 Å². The molecule has 1 fully saturated rings. The third-order valence-corrected chi connectivity index (χ3v) is 6.04. The molecular formula is C23H37NO8. The van der Waals surface area contributed by atoms with Crippen molar-refractivity contribution >= 4 is 23.8 Å². The summed E-state index contributed by atoms with van der Waals surface area (Å²) in [6.45, 7) is 11.9. The minimum Gasteiger partial charge on any atom is -0.463 e. The monoisotopic (exact) mass is 455 g/mol. The Labute approximate surface area is 190 Å². The third kappa shape index (κ3) is 6.75. The van der Waals surface area contributed by atoms with Crippen molar-refractivity contribution in [3.63, 3.8) is 0 Å². The van der Waals surface area contributed by atoms with E-state index in [1.807, 2.05) is 13.8 Å². The Morgan fingerprint density at radius 2 is 1.81 bits per heavy atom. The Bertz CT molecular complexity index is 740. The van der Waals surface area contributed by atoms with Gasteiger partial charge < -0.3 is 23.7 Å². The van der Waals surface area contributed by atoms with Crippen LogP contribution in [-0.2, 0) is 38.1 Å². The summed E-state index contributed by atoms with van der Waals surface area (Å²) in [5, 5.41) is 0. The summed E-state index contributed by atoms with van der Waals surface area (Å²) in [4.78, 5) is 42.4. The van der Waals surface area contributed by atoms with Crippen molar-refractivity contribution in [2.24, 2.45) is 21.7 Å². The second-order valence-electron chi connectivity index (χ2n) is 9.98. The number of esters is 3. The number of methoxy groups -OCH3 is 1. The van der Waals surface area contributed by atoms with E-state index in [0.717, 1.165) is 0 Å². The Kier molecular flexibility index (Phi) is 8.44. The maximum absolute atomic E-state index is 12.9. The van der Waals surface area contributed by atoms with Gasteiger partial charge in [-0.25, -0.2) is 9.79 Å². The van der Waals surface area contributed by atoms with E-state index in [-0.39, 0.29) is 37.6 Å². The number of carbonyl (C=O) groups is 3. The minimum absolute atomic E-state index is 0.0300. The van der Waals surface area contributed by atoms with Crippen molar-refractivity contribution in [2.45, 2.75) is 72.4 Å². The second-order valence-corrected chi connectivity index (χ2v) is 9.98. The summed E-state index contributed by atoms with van der Waals surface area (Å²) in [6, 6.07) is 0. The topological polar surface area (TPSA) is 113 Å². The fourth-order valence-electron chi connectivity index (χ4n) is 3.52. The molecule has 32 heavy (non-hydrogen) atoms. The molecule has 3 unspecified atom stereocenters. The summed E-state index contributed by atoms with van der Waals surface area (Å²) >= 11 is 0. The third-order valence-electron chi connectivity index (χ3n) is 6.04. The molecule has 0 saturated carbocycles. The second kappa shape index (κ2) is 10.3. The number of rotatable bonds is 13. The number of hydrogen-bond acceptors (Lipinski definition) is 9. The number of cyclic esters (lactones) is 1. The van der Waals surface area contributed by atoms with Crippen LogP contribution in [0.3, 0.4) is 0 Å². The Hall–Kier alpha value is -2.00.